The second-order valence-corrected chi connectivity index (χ2v) is 29.0. The highest BCUT2D eigenvalue weighted by molar-refractivity contribution is 6.15. The summed E-state index contributed by atoms with van der Waals surface area (Å²) in [6.07, 6.45) is 0. The molecule has 16 aromatic carbocycles. The number of benzene rings is 16. The van der Waals surface area contributed by atoms with Gasteiger partial charge in [-0.05, 0) is 219 Å². The number of rotatable bonds is 9. The molecule has 0 unspecified atom stereocenters. The predicted molar refractivity (Wildman–Crippen MR) is 444 cm³/mol. The maximum Gasteiger partial charge on any atom is 0.0541 e. The van der Waals surface area contributed by atoms with Crippen molar-refractivity contribution in [3.05, 3.63) is 386 Å². The number of aryl methyl sites for hydroxylation is 2. The highest BCUT2D eigenvalue weighted by Gasteiger charge is 2.38. The molecular weight excluding hydrogens is 1270 g/mol. The summed E-state index contributed by atoms with van der Waals surface area (Å²) in [5.74, 6) is 0. The van der Waals surface area contributed by atoms with Gasteiger partial charge in [0, 0.05) is 65.6 Å². The van der Waals surface area contributed by atoms with E-state index in [1.807, 2.05) is 0 Å². The first-order valence-electron chi connectivity index (χ1n) is 36.5. The number of nitrogens with zero attached hydrogens (tertiary/aromatic N) is 4. The molecule has 0 bridgehead atoms. The first-order valence-corrected chi connectivity index (χ1v) is 36.5. The van der Waals surface area contributed by atoms with Crippen molar-refractivity contribution in [1.82, 2.24) is 18.3 Å². The largest absolute Gasteiger partial charge is 0.309 e. The molecule has 0 saturated heterocycles. The van der Waals surface area contributed by atoms with E-state index in [2.05, 4.69) is 410 Å². The molecule has 1 aliphatic rings. The third-order valence-corrected chi connectivity index (χ3v) is 22.3. The van der Waals surface area contributed by atoms with Gasteiger partial charge in [0.25, 0.3) is 0 Å². The SMILES string of the molecule is CC1(C)c2ccccc2-c2cccc(-n3c4ccccc4c4cc(-c5ccc6c(c5)c5ccccc5n6-c5cccc(-c6ccccc6)c5)ccc43)c21.Cc1ccc2c(c1)c1cc(-c3ccc4c(c3)c3cc(C)ccc3n4-c3cccc(-c4ccccc4)c3)ccc1n2-c1cccc(-c2ccccc2)c1. The molecule has 105 heavy (non-hydrogen) atoms. The average Bonchev–Trinajstić information content (AvgIpc) is 1.56. The second kappa shape index (κ2) is 24.5. The molecule has 0 spiro atoms. The van der Waals surface area contributed by atoms with Crippen LogP contribution in [0.15, 0.2) is 364 Å². The molecule has 20 aromatic rings. The van der Waals surface area contributed by atoms with Crippen LogP contribution in [0.25, 0.3) is 177 Å². The Bertz CT molecular complexity index is 6670. The first kappa shape index (κ1) is 61.6. The van der Waals surface area contributed by atoms with Crippen molar-refractivity contribution >= 4 is 87.2 Å². The number of hydrogen-bond acceptors (Lipinski definition) is 0. The smallest absolute Gasteiger partial charge is 0.0541 e. The van der Waals surface area contributed by atoms with Gasteiger partial charge in [0.2, 0.25) is 0 Å². The Morgan fingerprint density at radius 1 is 0.200 bits per heavy atom. The molecule has 4 aromatic heterocycles. The fourth-order valence-corrected chi connectivity index (χ4v) is 17.4. The lowest BCUT2D eigenvalue weighted by Gasteiger charge is -2.25. The molecule has 0 atom stereocenters. The van der Waals surface area contributed by atoms with Crippen LogP contribution in [0.4, 0.5) is 0 Å². The van der Waals surface area contributed by atoms with Gasteiger partial charge >= 0.3 is 0 Å². The molecule has 0 amide bonds. The quantitative estimate of drug-likeness (QED) is 0.137. The van der Waals surface area contributed by atoms with Gasteiger partial charge < -0.3 is 18.3 Å². The Morgan fingerprint density at radius 3 is 0.924 bits per heavy atom. The van der Waals surface area contributed by atoms with Crippen molar-refractivity contribution < 1.29 is 0 Å². The fourth-order valence-electron chi connectivity index (χ4n) is 17.4. The Morgan fingerprint density at radius 2 is 0.495 bits per heavy atom. The van der Waals surface area contributed by atoms with Gasteiger partial charge in [-0.25, -0.2) is 0 Å². The third-order valence-electron chi connectivity index (χ3n) is 22.3. The Balaban J connectivity index is 0.000000139. The van der Waals surface area contributed by atoms with Crippen LogP contribution in [0.5, 0.6) is 0 Å². The molecule has 0 N–H and O–H groups in total. The standard InChI is InChI=1S/C51H36N2.C50H36N2/c1-51(2)44-22-9-6-18-38(44)41-21-13-25-49(50(41)51)53-46-24-11-8-20-40(46)43-32-36(27-29-48(43)53)35-26-28-47-42(31-35)39-19-7-10-23-45(39)52(47)37-17-12-16-34(30-37)33-14-4-3-5-15-33;1-33-19-23-47-43(27-33)45-31-39(21-25-49(45)51(47)41-17-9-15-37(29-41)35-11-5-3-6-12-35)40-22-26-50-46(32-40)44-28-34(2)20-24-48(44)52(50)42-18-10-16-38(30-42)36-13-7-4-8-14-36/h3-32H,1-2H3;3-32H,1-2H3. The van der Waals surface area contributed by atoms with E-state index in [1.54, 1.807) is 0 Å². The summed E-state index contributed by atoms with van der Waals surface area (Å²) < 4.78 is 9.75. The lowest BCUT2D eigenvalue weighted by Crippen LogP contribution is -2.17. The van der Waals surface area contributed by atoms with E-state index >= 15 is 0 Å². The van der Waals surface area contributed by atoms with Crippen molar-refractivity contribution in [3.63, 3.8) is 0 Å². The number of para-hydroxylation sites is 2. The summed E-state index contributed by atoms with van der Waals surface area (Å²) in [6.45, 7) is 9.12. The van der Waals surface area contributed by atoms with Crippen molar-refractivity contribution in [1.29, 1.82) is 0 Å². The third kappa shape index (κ3) is 10.1. The van der Waals surface area contributed by atoms with Gasteiger partial charge in [0.15, 0.2) is 0 Å². The molecule has 21 rings (SSSR count). The van der Waals surface area contributed by atoms with Crippen LogP contribution in [-0.2, 0) is 5.41 Å². The van der Waals surface area contributed by atoms with Crippen LogP contribution < -0.4 is 0 Å². The number of hydrogen-bond donors (Lipinski definition) is 0. The van der Waals surface area contributed by atoms with E-state index in [0.717, 1.165) is 0 Å². The summed E-state index contributed by atoms with van der Waals surface area (Å²) in [6, 6.07) is 134. The molecule has 496 valence electrons. The van der Waals surface area contributed by atoms with Gasteiger partial charge in [0.1, 0.15) is 0 Å². The zero-order chi connectivity index (χ0) is 70.0. The van der Waals surface area contributed by atoms with Gasteiger partial charge in [0.05, 0.1) is 49.8 Å². The Hall–Kier alpha value is -13.3. The maximum absolute atomic E-state index is 2.50. The van der Waals surface area contributed by atoms with Gasteiger partial charge in [-0.2, -0.15) is 0 Å². The molecule has 0 fully saturated rings. The highest BCUT2D eigenvalue weighted by atomic mass is 15.0. The minimum Gasteiger partial charge on any atom is -0.309 e. The minimum atomic E-state index is -0.113. The van der Waals surface area contributed by atoms with Gasteiger partial charge in [-0.15, -0.1) is 0 Å². The summed E-state index contributed by atoms with van der Waals surface area (Å²) >= 11 is 0. The lowest BCUT2D eigenvalue weighted by molar-refractivity contribution is 0.656. The van der Waals surface area contributed by atoms with E-state index in [9.17, 15) is 0 Å². The van der Waals surface area contributed by atoms with E-state index in [-0.39, 0.29) is 5.41 Å². The molecule has 0 radical (unpaired) electrons. The topological polar surface area (TPSA) is 19.7 Å². The van der Waals surface area contributed by atoms with Crippen LogP contribution in [0, 0.1) is 13.8 Å². The zero-order valence-corrected chi connectivity index (χ0v) is 58.9. The van der Waals surface area contributed by atoms with Gasteiger partial charge in [-0.1, -0.05) is 262 Å². The summed E-state index contributed by atoms with van der Waals surface area (Å²) in [5, 5.41) is 10.1. The average molecular weight is 1340 g/mol. The van der Waals surface area contributed by atoms with Crippen molar-refractivity contribution in [2.75, 3.05) is 0 Å². The number of aromatic nitrogens is 4. The summed E-state index contributed by atoms with van der Waals surface area (Å²) in [5.41, 5.74) is 34.5. The second-order valence-electron chi connectivity index (χ2n) is 29.0. The molecule has 4 heterocycles. The highest BCUT2D eigenvalue weighted by Crippen LogP contribution is 2.52. The molecule has 4 nitrogen and oxygen atoms in total. The monoisotopic (exact) mass is 1340 g/mol. The first-order chi connectivity index (χ1) is 51.6. The Labute approximate surface area is 610 Å². The van der Waals surface area contributed by atoms with Gasteiger partial charge in [-0.3, -0.25) is 0 Å². The normalized spacial score (nSPS) is 12.5. The van der Waals surface area contributed by atoms with Crippen LogP contribution >= 0.6 is 0 Å². The summed E-state index contributed by atoms with van der Waals surface area (Å²) in [7, 11) is 0. The van der Waals surface area contributed by atoms with Crippen molar-refractivity contribution in [3.8, 4) is 89.5 Å². The zero-order valence-electron chi connectivity index (χ0n) is 58.9. The number of fused-ring (bicyclic) bond motifs is 15. The lowest BCUT2D eigenvalue weighted by atomic mass is 9.81. The van der Waals surface area contributed by atoms with Crippen LogP contribution in [0.3, 0.4) is 0 Å². The van der Waals surface area contributed by atoms with E-state index < -0.39 is 0 Å². The van der Waals surface area contributed by atoms with Crippen LogP contribution in [0.2, 0.25) is 0 Å². The minimum absolute atomic E-state index is 0.113. The fraction of sp³-hybridized carbons (Fsp3) is 0.0495. The maximum atomic E-state index is 2.50. The predicted octanol–water partition coefficient (Wildman–Crippen LogP) is 27.0. The van der Waals surface area contributed by atoms with E-state index in [0.29, 0.717) is 0 Å². The molecule has 4 heteroatoms. The molecule has 1 aliphatic carbocycles. The van der Waals surface area contributed by atoms with E-state index in [4.69, 9.17) is 0 Å². The van der Waals surface area contributed by atoms with Crippen molar-refractivity contribution in [2.45, 2.75) is 33.1 Å². The van der Waals surface area contributed by atoms with Crippen LogP contribution in [0.1, 0.15) is 36.1 Å². The summed E-state index contributed by atoms with van der Waals surface area (Å²) in [4.78, 5) is 0. The molecule has 0 aliphatic heterocycles. The van der Waals surface area contributed by atoms with Crippen LogP contribution in [-0.4, -0.2) is 18.3 Å². The van der Waals surface area contributed by atoms with E-state index in [1.165, 1.54) is 199 Å². The van der Waals surface area contributed by atoms with Crippen molar-refractivity contribution in [2.24, 2.45) is 0 Å². The Kier molecular flexibility index (Phi) is 14.4. The molecule has 0 saturated carbocycles. The molecular formula is C101H72N4.